The summed E-state index contributed by atoms with van der Waals surface area (Å²) >= 11 is 1.53. The van der Waals surface area contributed by atoms with Crippen LogP contribution in [0.15, 0.2) is 60.7 Å². The molecular formula is C23H24N2O3S. The Morgan fingerprint density at radius 2 is 1.83 bits per heavy atom. The van der Waals surface area contributed by atoms with Crippen molar-refractivity contribution in [2.75, 3.05) is 43.1 Å². The van der Waals surface area contributed by atoms with E-state index in [9.17, 15) is 4.79 Å². The second kappa shape index (κ2) is 9.11. The van der Waals surface area contributed by atoms with E-state index in [1.807, 2.05) is 55.5 Å². The molecular weight excluding hydrogens is 384 g/mol. The van der Waals surface area contributed by atoms with Crippen molar-refractivity contribution in [3.8, 4) is 16.9 Å². The van der Waals surface area contributed by atoms with Crippen molar-refractivity contribution in [2.45, 2.75) is 6.92 Å². The number of hydrogen-bond acceptors (Lipinski definition) is 5. The number of morpholine rings is 1. The van der Waals surface area contributed by atoms with Crippen molar-refractivity contribution in [3.63, 3.8) is 0 Å². The molecule has 5 nitrogen and oxygen atoms in total. The van der Waals surface area contributed by atoms with Gasteiger partial charge < -0.3 is 19.7 Å². The van der Waals surface area contributed by atoms with E-state index >= 15 is 0 Å². The van der Waals surface area contributed by atoms with Crippen LogP contribution in [0, 0.1) is 0 Å². The summed E-state index contributed by atoms with van der Waals surface area (Å²) in [6, 6.07) is 19.7. The first-order chi connectivity index (χ1) is 14.2. The van der Waals surface area contributed by atoms with E-state index in [0.717, 1.165) is 40.7 Å². The van der Waals surface area contributed by atoms with Crippen LogP contribution in [0.4, 0.5) is 10.7 Å². The number of ether oxygens (including phenoxy) is 2. The quantitative estimate of drug-likeness (QED) is 0.630. The number of amides is 1. The molecule has 0 bridgehead atoms. The maximum atomic E-state index is 12.9. The van der Waals surface area contributed by atoms with Crippen molar-refractivity contribution in [2.24, 2.45) is 0 Å². The molecule has 1 N–H and O–H groups in total. The number of thiophene rings is 1. The Labute approximate surface area is 174 Å². The zero-order valence-electron chi connectivity index (χ0n) is 16.4. The van der Waals surface area contributed by atoms with Gasteiger partial charge in [-0.25, -0.2) is 0 Å². The number of benzene rings is 2. The molecule has 1 aliphatic rings. The number of hydrogen-bond donors (Lipinski definition) is 1. The van der Waals surface area contributed by atoms with Gasteiger partial charge in [0.1, 0.15) is 5.75 Å². The zero-order chi connectivity index (χ0) is 20.1. The van der Waals surface area contributed by atoms with Gasteiger partial charge in [0, 0.05) is 24.3 Å². The van der Waals surface area contributed by atoms with E-state index < -0.39 is 0 Å². The van der Waals surface area contributed by atoms with Gasteiger partial charge in [-0.2, -0.15) is 0 Å². The van der Waals surface area contributed by atoms with Gasteiger partial charge in [0.25, 0.3) is 5.91 Å². The molecule has 1 aliphatic heterocycles. The summed E-state index contributed by atoms with van der Waals surface area (Å²) in [4.78, 5) is 15.9. The minimum absolute atomic E-state index is 0.101. The van der Waals surface area contributed by atoms with Crippen molar-refractivity contribution >= 4 is 27.9 Å². The van der Waals surface area contributed by atoms with Crippen LogP contribution in [-0.2, 0) is 4.74 Å². The van der Waals surface area contributed by atoms with E-state index in [2.05, 4.69) is 22.3 Å². The third-order valence-corrected chi connectivity index (χ3v) is 5.94. The second-order valence-corrected chi connectivity index (χ2v) is 7.74. The van der Waals surface area contributed by atoms with Gasteiger partial charge in [-0.3, -0.25) is 4.79 Å². The molecule has 29 heavy (non-hydrogen) atoms. The van der Waals surface area contributed by atoms with Gasteiger partial charge in [-0.15, -0.1) is 11.3 Å². The van der Waals surface area contributed by atoms with Gasteiger partial charge in [0.05, 0.1) is 29.7 Å². The predicted molar refractivity (Wildman–Crippen MR) is 118 cm³/mol. The summed E-state index contributed by atoms with van der Waals surface area (Å²) in [6.07, 6.45) is 0. The molecule has 0 saturated carbocycles. The number of nitrogens with zero attached hydrogens (tertiary/aromatic N) is 1. The Bertz CT molecular complexity index is 948. The Morgan fingerprint density at radius 1 is 1.10 bits per heavy atom. The standard InChI is InChI=1S/C23H24N2O3S/c1-2-28-19-10-8-18(9-11-19)24-22(26)21-16-20(17-6-4-3-5-7-17)23(29-21)25-12-14-27-15-13-25/h3-11,16H,2,12-15H2,1H3,(H,24,26). The van der Waals surface area contributed by atoms with Crippen LogP contribution < -0.4 is 15.0 Å². The largest absolute Gasteiger partial charge is 0.494 e. The molecule has 1 amide bonds. The second-order valence-electron chi connectivity index (χ2n) is 6.71. The van der Waals surface area contributed by atoms with E-state index in [1.165, 1.54) is 11.3 Å². The Morgan fingerprint density at radius 3 is 2.52 bits per heavy atom. The number of carbonyl (C=O) groups is 1. The minimum Gasteiger partial charge on any atom is -0.494 e. The summed E-state index contributed by atoms with van der Waals surface area (Å²) in [5.41, 5.74) is 2.96. The summed E-state index contributed by atoms with van der Waals surface area (Å²) < 4.78 is 11.0. The number of carbonyl (C=O) groups excluding carboxylic acids is 1. The number of anilines is 2. The molecule has 0 unspecified atom stereocenters. The number of rotatable bonds is 6. The predicted octanol–water partition coefficient (Wildman–Crippen LogP) is 4.90. The molecule has 1 fully saturated rings. The SMILES string of the molecule is CCOc1ccc(NC(=O)c2cc(-c3ccccc3)c(N3CCOCC3)s2)cc1. The van der Waals surface area contributed by atoms with Crippen LogP contribution in [0.25, 0.3) is 11.1 Å². The summed E-state index contributed by atoms with van der Waals surface area (Å²) in [5.74, 6) is 0.693. The molecule has 4 rings (SSSR count). The van der Waals surface area contributed by atoms with Crippen LogP contribution in [-0.4, -0.2) is 38.8 Å². The summed E-state index contributed by atoms with van der Waals surface area (Å²) in [5, 5.41) is 4.12. The molecule has 1 saturated heterocycles. The molecule has 0 atom stereocenters. The van der Waals surface area contributed by atoms with Crippen LogP contribution in [0.5, 0.6) is 5.75 Å². The molecule has 3 aromatic rings. The van der Waals surface area contributed by atoms with Crippen LogP contribution in [0.2, 0.25) is 0 Å². The fraction of sp³-hybridized carbons (Fsp3) is 0.261. The van der Waals surface area contributed by atoms with Gasteiger partial charge in [-0.1, -0.05) is 30.3 Å². The highest BCUT2D eigenvalue weighted by molar-refractivity contribution is 7.18. The molecule has 150 valence electrons. The van der Waals surface area contributed by atoms with Crippen LogP contribution >= 0.6 is 11.3 Å². The van der Waals surface area contributed by atoms with Crippen molar-refractivity contribution < 1.29 is 14.3 Å². The molecule has 2 heterocycles. The third kappa shape index (κ3) is 4.60. The first-order valence-electron chi connectivity index (χ1n) is 9.81. The molecule has 2 aromatic carbocycles. The maximum Gasteiger partial charge on any atom is 0.265 e. The van der Waals surface area contributed by atoms with Gasteiger partial charge in [-0.05, 0) is 42.8 Å². The first-order valence-corrected chi connectivity index (χ1v) is 10.6. The Kier molecular flexibility index (Phi) is 6.12. The smallest absolute Gasteiger partial charge is 0.265 e. The fourth-order valence-electron chi connectivity index (χ4n) is 3.31. The van der Waals surface area contributed by atoms with Gasteiger partial charge in [0.2, 0.25) is 0 Å². The highest BCUT2D eigenvalue weighted by Gasteiger charge is 2.22. The van der Waals surface area contributed by atoms with E-state index in [0.29, 0.717) is 24.7 Å². The lowest BCUT2D eigenvalue weighted by molar-refractivity contribution is 0.103. The molecule has 0 aliphatic carbocycles. The Hall–Kier alpha value is -2.83. The van der Waals surface area contributed by atoms with E-state index in [1.54, 1.807) is 0 Å². The van der Waals surface area contributed by atoms with E-state index in [-0.39, 0.29) is 5.91 Å². The molecule has 0 radical (unpaired) electrons. The number of nitrogens with one attached hydrogen (secondary N) is 1. The highest BCUT2D eigenvalue weighted by atomic mass is 32.1. The highest BCUT2D eigenvalue weighted by Crippen LogP contribution is 2.39. The normalized spacial score (nSPS) is 13.9. The lowest BCUT2D eigenvalue weighted by atomic mass is 10.1. The molecule has 6 heteroatoms. The Balaban J connectivity index is 1.59. The zero-order valence-corrected chi connectivity index (χ0v) is 17.2. The molecule has 1 aromatic heterocycles. The first kappa shape index (κ1) is 19.5. The van der Waals surface area contributed by atoms with Crippen molar-refractivity contribution in [1.29, 1.82) is 0 Å². The average Bonchev–Trinajstić information content (AvgIpc) is 3.22. The lowest BCUT2D eigenvalue weighted by Crippen LogP contribution is -2.35. The summed E-state index contributed by atoms with van der Waals surface area (Å²) in [7, 11) is 0. The van der Waals surface area contributed by atoms with Crippen molar-refractivity contribution in [1.82, 2.24) is 0 Å². The minimum atomic E-state index is -0.101. The van der Waals surface area contributed by atoms with Gasteiger partial charge >= 0.3 is 0 Å². The monoisotopic (exact) mass is 408 g/mol. The average molecular weight is 409 g/mol. The molecule has 0 spiro atoms. The lowest BCUT2D eigenvalue weighted by Gasteiger charge is -2.28. The van der Waals surface area contributed by atoms with E-state index in [4.69, 9.17) is 9.47 Å². The maximum absolute atomic E-state index is 12.9. The fourth-order valence-corrected chi connectivity index (χ4v) is 4.44. The topological polar surface area (TPSA) is 50.8 Å². The van der Waals surface area contributed by atoms with Crippen LogP contribution in [0.3, 0.4) is 0 Å². The van der Waals surface area contributed by atoms with Crippen LogP contribution in [0.1, 0.15) is 16.6 Å². The van der Waals surface area contributed by atoms with Gasteiger partial charge in [0.15, 0.2) is 0 Å². The third-order valence-electron chi connectivity index (χ3n) is 4.74. The van der Waals surface area contributed by atoms with Crippen molar-refractivity contribution in [3.05, 3.63) is 65.5 Å². The summed E-state index contributed by atoms with van der Waals surface area (Å²) in [6.45, 7) is 5.65.